The second-order valence-corrected chi connectivity index (χ2v) is 5.52. The van der Waals surface area contributed by atoms with Crippen molar-refractivity contribution in [2.45, 2.75) is 19.3 Å². The summed E-state index contributed by atoms with van der Waals surface area (Å²) in [7, 11) is 0. The van der Waals surface area contributed by atoms with Crippen LogP contribution in [0, 0.1) is 0 Å². The summed E-state index contributed by atoms with van der Waals surface area (Å²) >= 11 is 0. The van der Waals surface area contributed by atoms with E-state index in [-0.39, 0.29) is 17.2 Å². The Labute approximate surface area is 151 Å². The molecule has 2 rings (SSSR count). The van der Waals surface area contributed by atoms with Crippen molar-refractivity contribution in [1.82, 2.24) is 0 Å². The van der Waals surface area contributed by atoms with Crippen LogP contribution in [0.4, 0.5) is 26.3 Å². The predicted molar refractivity (Wildman–Crippen MR) is 88.4 cm³/mol. The maximum Gasteiger partial charge on any atom is 0.416 e. The van der Waals surface area contributed by atoms with Crippen LogP contribution in [0.15, 0.2) is 36.4 Å². The van der Waals surface area contributed by atoms with Crippen molar-refractivity contribution >= 4 is 18.4 Å². The maximum absolute atomic E-state index is 12.9. The molecule has 0 N–H and O–H groups in total. The minimum absolute atomic E-state index is 0.0682. The molecule has 0 fully saturated rings. The van der Waals surface area contributed by atoms with E-state index in [0.29, 0.717) is 36.3 Å². The molecule has 0 heterocycles. The minimum atomic E-state index is -4.91. The first-order valence-corrected chi connectivity index (χ1v) is 7.74. The molecule has 2 aromatic rings. The van der Waals surface area contributed by atoms with Gasteiger partial charge in [-0.2, -0.15) is 26.3 Å². The Balaban J connectivity index is 2.42. The lowest BCUT2D eigenvalue weighted by atomic mass is 10.0. The van der Waals surface area contributed by atoms with E-state index in [1.54, 1.807) is 6.92 Å². The third-order valence-electron chi connectivity index (χ3n) is 3.54. The fraction of sp³-hybridized carbons (Fsp3) is 0.211. The lowest BCUT2D eigenvalue weighted by molar-refractivity contribution is -0.143. The molecule has 0 aliphatic rings. The van der Waals surface area contributed by atoms with Gasteiger partial charge < -0.3 is 4.74 Å². The molecular weight excluding hydrogens is 374 g/mol. The average Bonchev–Trinajstić information content (AvgIpc) is 2.59. The quantitative estimate of drug-likeness (QED) is 0.351. The van der Waals surface area contributed by atoms with Crippen LogP contribution in [0.2, 0.25) is 0 Å². The summed E-state index contributed by atoms with van der Waals surface area (Å²) in [6.45, 7) is 2.06. The van der Waals surface area contributed by atoms with Gasteiger partial charge in [0.2, 0.25) is 0 Å². The molecule has 0 radical (unpaired) electrons. The van der Waals surface area contributed by atoms with Crippen LogP contribution in [0.1, 0.15) is 39.5 Å². The fourth-order valence-corrected chi connectivity index (χ4v) is 2.32. The van der Waals surface area contributed by atoms with Crippen molar-refractivity contribution < 1.29 is 35.9 Å². The van der Waals surface area contributed by atoms with Crippen molar-refractivity contribution in [3.05, 3.63) is 64.2 Å². The van der Waals surface area contributed by atoms with Gasteiger partial charge in [0.05, 0.1) is 23.3 Å². The molecule has 0 unspecified atom stereocenters. The van der Waals surface area contributed by atoms with Gasteiger partial charge in [-0.3, -0.25) is 4.79 Å². The van der Waals surface area contributed by atoms with Crippen LogP contribution in [0.3, 0.4) is 0 Å². The van der Waals surface area contributed by atoms with Gasteiger partial charge in [-0.15, -0.1) is 0 Å². The first-order valence-electron chi connectivity index (χ1n) is 7.74. The number of aldehydes is 1. The highest BCUT2D eigenvalue weighted by Crippen LogP contribution is 2.36. The van der Waals surface area contributed by atoms with Gasteiger partial charge in [-0.05, 0) is 48.4 Å². The van der Waals surface area contributed by atoms with E-state index < -0.39 is 23.5 Å². The number of ether oxygens (including phenoxy) is 1. The Hall–Kier alpha value is -2.77. The van der Waals surface area contributed by atoms with E-state index in [0.717, 1.165) is 6.08 Å². The molecule has 0 spiro atoms. The number of hydrogen-bond acceptors (Lipinski definition) is 2. The Bertz CT molecular complexity index is 818. The van der Waals surface area contributed by atoms with E-state index in [2.05, 4.69) is 0 Å². The second-order valence-electron chi connectivity index (χ2n) is 5.52. The molecule has 0 aromatic heterocycles. The highest BCUT2D eigenvalue weighted by Gasteiger charge is 2.36. The first-order chi connectivity index (χ1) is 12.5. The normalized spacial score (nSPS) is 12.4. The van der Waals surface area contributed by atoms with Gasteiger partial charge >= 0.3 is 12.4 Å². The highest BCUT2D eigenvalue weighted by atomic mass is 19.4. The topological polar surface area (TPSA) is 26.3 Å². The third kappa shape index (κ3) is 5.35. The van der Waals surface area contributed by atoms with Gasteiger partial charge in [0.15, 0.2) is 6.29 Å². The predicted octanol–water partition coefficient (Wildman–Crippen LogP) is 6.11. The molecule has 144 valence electrons. The lowest BCUT2D eigenvalue weighted by Gasteiger charge is -2.13. The van der Waals surface area contributed by atoms with Crippen molar-refractivity contribution in [3.63, 3.8) is 0 Å². The van der Waals surface area contributed by atoms with Crippen molar-refractivity contribution in [2.75, 3.05) is 6.61 Å². The summed E-state index contributed by atoms with van der Waals surface area (Å²) < 4.78 is 82.5. The molecule has 0 aliphatic heterocycles. The monoisotopic (exact) mass is 388 g/mol. The van der Waals surface area contributed by atoms with Crippen LogP contribution < -0.4 is 4.74 Å². The lowest BCUT2D eigenvalue weighted by Crippen LogP contribution is -2.11. The molecule has 2 aromatic carbocycles. The zero-order valence-electron chi connectivity index (χ0n) is 14.0. The first kappa shape index (κ1) is 20.5. The molecule has 0 saturated carbocycles. The number of alkyl halides is 6. The Morgan fingerprint density at radius 1 is 0.852 bits per heavy atom. The summed E-state index contributed by atoms with van der Waals surface area (Å²) in [5.74, 6) is 0.336. The third-order valence-corrected chi connectivity index (χ3v) is 3.54. The molecule has 0 aliphatic carbocycles. The van der Waals surface area contributed by atoms with Crippen LogP contribution in [-0.4, -0.2) is 12.9 Å². The Morgan fingerprint density at radius 3 is 1.89 bits per heavy atom. The number of rotatable bonds is 5. The number of carbonyl (C=O) groups excluding carboxylic acids is 1. The van der Waals surface area contributed by atoms with E-state index in [9.17, 15) is 31.1 Å². The van der Waals surface area contributed by atoms with Gasteiger partial charge in [0, 0.05) is 0 Å². The van der Waals surface area contributed by atoms with Gasteiger partial charge in [0.1, 0.15) is 5.75 Å². The summed E-state index contributed by atoms with van der Waals surface area (Å²) in [5, 5.41) is 0. The highest BCUT2D eigenvalue weighted by molar-refractivity contribution is 5.82. The van der Waals surface area contributed by atoms with E-state index >= 15 is 0 Å². The van der Waals surface area contributed by atoms with Crippen LogP contribution in [0.5, 0.6) is 5.75 Å². The molecule has 0 bridgehead atoms. The van der Waals surface area contributed by atoms with E-state index in [4.69, 9.17) is 4.74 Å². The molecule has 0 amide bonds. The summed E-state index contributed by atoms with van der Waals surface area (Å²) in [6, 6.07) is 5.78. The average molecular weight is 388 g/mol. The van der Waals surface area contributed by atoms with Crippen molar-refractivity contribution in [1.29, 1.82) is 0 Å². The molecule has 2 nitrogen and oxygen atoms in total. The standard InChI is InChI=1S/C19H14F6O2/c1-2-27-17-6-5-12(7-14(17)11-26)3-4-13-8-15(18(20,21)22)10-16(9-13)19(23,24)25/h3-11H,2H2,1H3/b4-3+. The Morgan fingerprint density at radius 2 is 1.41 bits per heavy atom. The number of carbonyl (C=O) groups is 1. The molecule has 27 heavy (non-hydrogen) atoms. The number of hydrogen-bond donors (Lipinski definition) is 0. The smallest absolute Gasteiger partial charge is 0.416 e. The second kappa shape index (κ2) is 7.85. The minimum Gasteiger partial charge on any atom is -0.493 e. The molecule has 8 heteroatoms. The zero-order valence-corrected chi connectivity index (χ0v) is 14.0. The van der Waals surface area contributed by atoms with Crippen molar-refractivity contribution in [2.24, 2.45) is 0 Å². The maximum atomic E-state index is 12.9. The van der Waals surface area contributed by atoms with Crippen LogP contribution in [0.25, 0.3) is 12.2 Å². The number of benzene rings is 2. The molecule has 0 saturated heterocycles. The van der Waals surface area contributed by atoms with Gasteiger partial charge in [0.25, 0.3) is 0 Å². The summed E-state index contributed by atoms with van der Waals surface area (Å²) in [6.07, 6.45) is -6.83. The van der Waals surface area contributed by atoms with Gasteiger partial charge in [-0.1, -0.05) is 18.2 Å². The summed E-state index contributed by atoms with van der Waals surface area (Å²) in [4.78, 5) is 11.1. The van der Waals surface area contributed by atoms with Crippen LogP contribution >= 0.6 is 0 Å². The largest absolute Gasteiger partial charge is 0.493 e. The fourth-order valence-electron chi connectivity index (χ4n) is 2.32. The zero-order chi connectivity index (χ0) is 20.2. The molecular formula is C19H14F6O2. The Kier molecular flexibility index (Phi) is 5.98. The SMILES string of the molecule is CCOc1ccc(/C=C/c2cc(C(F)(F)F)cc(C(F)(F)F)c2)cc1C=O. The summed E-state index contributed by atoms with van der Waals surface area (Å²) in [5.41, 5.74) is -2.40. The van der Waals surface area contributed by atoms with E-state index in [1.165, 1.54) is 24.3 Å². The van der Waals surface area contributed by atoms with Gasteiger partial charge in [-0.25, -0.2) is 0 Å². The molecule has 0 atom stereocenters. The number of halogens is 6. The van der Waals surface area contributed by atoms with Crippen molar-refractivity contribution in [3.8, 4) is 5.75 Å². The van der Waals surface area contributed by atoms with E-state index in [1.807, 2.05) is 0 Å². The van der Waals surface area contributed by atoms with Crippen LogP contribution in [-0.2, 0) is 12.4 Å².